The summed E-state index contributed by atoms with van der Waals surface area (Å²) in [5.74, 6) is -0.103. The van der Waals surface area contributed by atoms with Crippen LogP contribution in [0, 0.1) is 0 Å². The molecule has 1 unspecified atom stereocenters. The van der Waals surface area contributed by atoms with Gasteiger partial charge in [0, 0.05) is 13.2 Å². The van der Waals surface area contributed by atoms with Gasteiger partial charge in [0.1, 0.15) is 0 Å². The number of amides is 1. The van der Waals surface area contributed by atoms with Gasteiger partial charge in [-0.25, -0.2) is 0 Å². The van der Waals surface area contributed by atoms with Crippen molar-refractivity contribution in [3.8, 4) is 0 Å². The first-order valence-electron chi connectivity index (χ1n) is 7.73. The number of nitrogens with two attached hydrogens (primary N) is 1. The van der Waals surface area contributed by atoms with Gasteiger partial charge in [0.2, 0.25) is 5.91 Å². The minimum atomic E-state index is -0.803. The van der Waals surface area contributed by atoms with E-state index in [2.05, 4.69) is 12.2 Å². The van der Waals surface area contributed by atoms with Crippen LogP contribution in [0.15, 0.2) is 24.3 Å². The van der Waals surface area contributed by atoms with E-state index < -0.39 is 5.54 Å². The van der Waals surface area contributed by atoms with E-state index in [1.165, 1.54) is 0 Å². The highest BCUT2D eigenvalue weighted by Gasteiger charge is 2.26. The third-order valence-electron chi connectivity index (χ3n) is 3.45. The van der Waals surface area contributed by atoms with E-state index in [4.69, 9.17) is 10.5 Å². The van der Waals surface area contributed by atoms with Crippen LogP contribution in [-0.2, 0) is 22.7 Å². The second kappa shape index (κ2) is 8.80. The SMILES string of the molecule is CCCOCc1ccccc1CNC(=O)C(C)(N)CCC. The third kappa shape index (κ3) is 5.86. The molecule has 0 aliphatic carbocycles. The van der Waals surface area contributed by atoms with Gasteiger partial charge >= 0.3 is 0 Å². The number of carbonyl (C=O) groups is 1. The van der Waals surface area contributed by atoms with Crippen molar-refractivity contribution >= 4 is 5.91 Å². The Labute approximate surface area is 128 Å². The lowest BCUT2D eigenvalue weighted by Gasteiger charge is -2.23. The zero-order valence-electron chi connectivity index (χ0n) is 13.4. The summed E-state index contributed by atoms with van der Waals surface area (Å²) >= 11 is 0. The Balaban J connectivity index is 2.60. The van der Waals surface area contributed by atoms with Crippen molar-refractivity contribution in [2.24, 2.45) is 5.73 Å². The van der Waals surface area contributed by atoms with Crippen LogP contribution in [0.2, 0.25) is 0 Å². The molecule has 0 aliphatic heterocycles. The molecule has 0 bridgehead atoms. The Bertz CT molecular complexity index is 444. The van der Waals surface area contributed by atoms with Crippen LogP contribution in [0.3, 0.4) is 0 Å². The van der Waals surface area contributed by atoms with Crippen molar-refractivity contribution in [3.05, 3.63) is 35.4 Å². The van der Waals surface area contributed by atoms with Crippen LogP contribution in [-0.4, -0.2) is 18.1 Å². The maximum absolute atomic E-state index is 12.1. The molecule has 118 valence electrons. The monoisotopic (exact) mass is 292 g/mol. The molecule has 4 nitrogen and oxygen atoms in total. The molecule has 0 saturated carbocycles. The standard InChI is InChI=1S/C17H28N2O2/c1-4-10-17(3,18)16(20)19-12-14-8-6-7-9-15(14)13-21-11-5-2/h6-9H,4-5,10-13,18H2,1-3H3,(H,19,20). The quantitative estimate of drug-likeness (QED) is 0.688. The largest absolute Gasteiger partial charge is 0.377 e. The van der Waals surface area contributed by atoms with Crippen LogP contribution < -0.4 is 11.1 Å². The van der Waals surface area contributed by atoms with E-state index in [0.29, 0.717) is 19.6 Å². The number of nitrogens with one attached hydrogen (secondary N) is 1. The Hall–Kier alpha value is -1.39. The van der Waals surface area contributed by atoms with E-state index in [1.54, 1.807) is 6.92 Å². The minimum absolute atomic E-state index is 0.103. The summed E-state index contributed by atoms with van der Waals surface area (Å²) < 4.78 is 5.58. The summed E-state index contributed by atoms with van der Waals surface area (Å²) in [4.78, 5) is 12.1. The van der Waals surface area contributed by atoms with Gasteiger partial charge in [0.25, 0.3) is 0 Å². The van der Waals surface area contributed by atoms with Crippen LogP contribution in [0.4, 0.5) is 0 Å². The highest BCUT2D eigenvalue weighted by atomic mass is 16.5. The summed E-state index contributed by atoms with van der Waals surface area (Å²) in [5.41, 5.74) is 7.42. The molecule has 3 N–H and O–H groups in total. The van der Waals surface area contributed by atoms with Gasteiger partial charge in [-0.3, -0.25) is 4.79 Å². The molecule has 1 rings (SSSR count). The highest BCUT2D eigenvalue weighted by molar-refractivity contribution is 5.85. The maximum atomic E-state index is 12.1. The zero-order chi connectivity index (χ0) is 15.7. The molecule has 0 fully saturated rings. The van der Waals surface area contributed by atoms with E-state index in [9.17, 15) is 4.79 Å². The molecule has 0 heterocycles. The summed E-state index contributed by atoms with van der Waals surface area (Å²) in [6.07, 6.45) is 2.57. The van der Waals surface area contributed by atoms with Gasteiger partial charge in [-0.05, 0) is 30.9 Å². The molecular weight excluding hydrogens is 264 g/mol. The molecule has 0 spiro atoms. The third-order valence-corrected chi connectivity index (χ3v) is 3.45. The smallest absolute Gasteiger partial charge is 0.240 e. The van der Waals surface area contributed by atoms with Crippen LogP contribution in [0.5, 0.6) is 0 Å². The summed E-state index contributed by atoms with van der Waals surface area (Å²) in [5, 5.41) is 2.94. The molecule has 0 saturated heterocycles. The van der Waals surface area contributed by atoms with Crippen molar-refractivity contribution in [3.63, 3.8) is 0 Å². The first-order valence-corrected chi connectivity index (χ1v) is 7.73. The minimum Gasteiger partial charge on any atom is -0.377 e. The second-order valence-corrected chi connectivity index (χ2v) is 5.67. The molecule has 1 amide bonds. The van der Waals surface area contributed by atoms with Crippen LogP contribution in [0.25, 0.3) is 0 Å². The van der Waals surface area contributed by atoms with Crippen molar-refractivity contribution < 1.29 is 9.53 Å². The van der Waals surface area contributed by atoms with Crippen molar-refractivity contribution in [1.82, 2.24) is 5.32 Å². The normalized spacial score (nSPS) is 13.7. The lowest BCUT2D eigenvalue weighted by Crippen LogP contribution is -2.51. The summed E-state index contributed by atoms with van der Waals surface area (Å²) in [6, 6.07) is 8.00. The molecule has 21 heavy (non-hydrogen) atoms. The second-order valence-electron chi connectivity index (χ2n) is 5.67. The van der Waals surface area contributed by atoms with Crippen LogP contribution in [0.1, 0.15) is 51.2 Å². The van der Waals surface area contributed by atoms with Crippen molar-refractivity contribution in [1.29, 1.82) is 0 Å². The average molecular weight is 292 g/mol. The lowest BCUT2D eigenvalue weighted by atomic mass is 9.96. The summed E-state index contributed by atoms with van der Waals surface area (Å²) in [7, 11) is 0. The Morgan fingerprint density at radius 2 is 1.90 bits per heavy atom. The lowest BCUT2D eigenvalue weighted by molar-refractivity contribution is -0.126. The molecule has 1 aromatic carbocycles. The van der Waals surface area contributed by atoms with Gasteiger partial charge in [0.15, 0.2) is 0 Å². The molecule has 1 aromatic rings. The Morgan fingerprint density at radius 1 is 1.24 bits per heavy atom. The highest BCUT2D eigenvalue weighted by Crippen LogP contribution is 2.12. The number of benzene rings is 1. The van der Waals surface area contributed by atoms with E-state index in [-0.39, 0.29) is 5.91 Å². The molecular formula is C17H28N2O2. The predicted molar refractivity (Wildman–Crippen MR) is 85.7 cm³/mol. The number of carbonyl (C=O) groups excluding carboxylic acids is 1. The number of rotatable bonds is 9. The van der Waals surface area contributed by atoms with Crippen LogP contribution >= 0.6 is 0 Å². The van der Waals surface area contributed by atoms with Gasteiger partial charge in [-0.15, -0.1) is 0 Å². The topological polar surface area (TPSA) is 64.3 Å². The van der Waals surface area contributed by atoms with Gasteiger partial charge < -0.3 is 15.8 Å². The van der Waals surface area contributed by atoms with Gasteiger partial charge in [-0.1, -0.05) is 44.5 Å². The van der Waals surface area contributed by atoms with Crippen molar-refractivity contribution in [2.45, 2.75) is 58.7 Å². The number of hydrogen-bond donors (Lipinski definition) is 2. The average Bonchev–Trinajstić information content (AvgIpc) is 2.46. The molecule has 1 atom stereocenters. The molecule has 0 aromatic heterocycles. The first-order chi connectivity index (χ1) is 10.0. The molecule has 0 aliphatic rings. The fourth-order valence-corrected chi connectivity index (χ4v) is 2.21. The predicted octanol–water partition coefficient (Wildman–Crippen LogP) is 2.75. The number of hydrogen-bond acceptors (Lipinski definition) is 3. The fraction of sp³-hybridized carbons (Fsp3) is 0.588. The first kappa shape index (κ1) is 17.7. The van der Waals surface area contributed by atoms with Gasteiger partial charge in [0.05, 0.1) is 12.1 Å². The Kier molecular flexibility index (Phi) is 7.40. The van der Waals surface area contributed by atoms with E-state index in [0.717, 1.165) is 30.6 Å². The zero-order valence-corrected chi connectivity index (χ0v) is 13.4. The van der Waals surface area contributed by atoms with E-state index in [1.807, 2.05) is 31.2 Å². The van der Waals surface area contributed by atoms with Gasteiger partial charge in [-0.2, -0.15) is 0 Å². The summed E-state index contributed by atoms with van der Waals surface area (Å²) in [6.45, 7) is 7.70. The fourth-order valence-electron chi connectivity index (χ4n) is 2.21. The Morgan fingerprint density at radius 3 is 2.52 bits per heavy atom. The molecule has 0 radical (unpaired) electrons. The van der Waals surface area contributed by atoms with E-state index >= 15 is 0 Å². The maximum Gasteiger partial charge on any atom is 0.240 e. The molecule has 4 heteroatoms. The number of ether oxygens (including phenoxy) is 1. The van der Waals surface area contributed by atoms with Crippen molar-refractivity contribution in [2.75, 3.05) is 6.61 Å².